The molecule has 0 aromatic heterocycles. The van der Waals surface area contributed by atoms with Crippen LogP contribution >= 0.6 is 0 Å². The predicted octanol–water partition coefficient (Wildman–Crippen LogP) is 3.34. The molecule has 0 spiro atoms. The molecule has 1 aromatic rings. The zero-order chi connectivity index (χ0) is 15.1. The maximum Gasteiger partial charge on any atom is 0.314 e. The third kappa shape index (κ3) is 3.97. The molecule has 4 heteroatoms. The Hall–Kier alpha value is -1.55. The molecule has 116 valence electrons. The van der Waals surface area contributed by atoms with Crippen molar-refractivity contribution in [3.05, 3.63) is 29.8 Å². The maximum absolute atomic E-state index is 12.2. The molecule has 0 heterocycles. The minimum absolute atomic E-state index is 0.0998. The van der Waals surface area contributed by atoms with Crippen molar-refractivity contribution in [2.75, 3.05) is 20.3 Å². The third-order valence-corrected chi connectivity index (χ3v) is 4.08. The van der Waals surface area contributed by atoms with Crippen LogP contribution < -0.4 is 4.74 Å². The standard InChI is InChI=1S/C17H24O4/c1-3-21-16(18)17(10-4-5-11-17)13-20-12-14-6-8-15(19-2)9-7-14/h6-9H,3-5,10-13H2,1-2H3. The molecule has 0 atom stereocenters. The fourth-order valence-electron chi connectivity index (χ4n) is 2.83. The van der Waals surface area contributed by atoms with E-state index >= 15 is 0 Å². The summed E-state index contributed by atoms with van der Waals surface area (Å²) in [5.74, 6) is 0.731. The highest BCUT2D eigenvalue weighted by Crippen LogP contribution is 2.39. The third-order valence-electron chi connectivity index (χ3n) is 4.08. The van der Waals surface area contributed by atoms with Crippen LogP contribution in [0, 0.1) is 5.41 Å². The molecule has 0 bridgehead atoms. The predicted molar refractivity (Wildman–Crippen MR) is 80.2 cm³/mol. The average molecular weight is 292 g/mol. The zero-order valence-corrected chi connectivity index (χ0v) is 12.9. The Morgan fingerprint density at radius 2 is 1.86 bits per heavy atom. The summed E-state index contributed by atoms with van der Waals surface area (Å²) in [6, 6.07) is 7.78. The lowest BCUT2D eigenvalue weighted by Crippen LogP contribution is -2.35. The number of rotatable bonds is 7. The van der Waals surface area contributed by atoms with Crippen LogP contribution in [-0.2, 0) is 20.9 Å². The number of benzene rings is 1. The molecule has 1 aliphatic rings. The Morgan fingerprint density at radius 3 is 2.43 bits per heavy atom. The van der Waals surface area contributed by atoms with Gasteiger partial charge in [-0.15, -0.1) is 0 Å². The van der Waals surface area contributed by atoms with Gasteiger partial charge in [0.1, 0.15) is 5.75 Å². The van der Waals surface area contributed by atoms with E-state index in [9.17, 15) is 4.79 Å². The van der Waals surface area contributed by atoms with E-state index in [0.717, 1.165) is 37.0 Å². The van der Waals surface area contributed by atoms with Crippen LogP contribution in [0.4, 0.5) is 0 Å². The summed E-state index contributed by atoms with van der Waals surface area (Å²) < 4.78 is 16.2. The fraction of sp³-hybridized carbons (Fsp3) is 0.588. The van der Waals surface area contributed by atoms with Gasteiger partial charge in [-0.2, -0.15) is 0 Å². The first-order chi connectivity index (χ1) is 10.2. The Morgan fingerprint density at radius 1 is 1.19 bits per heavy atom. The van der Waals surface area contributed by atoms with Crippen molar-refractivity contribution in [1.29, 1.82) is 0 Å². The highest BCUT2D eigenvalue weighted by Gasteiger charge is 2.42. The van der Waals surface area contributed by atoms with Gasteiger partial charge in [0.05, 0.1) is 32.3 Å². The van der Waals surface area contributed by atoms with E-state index < -0.39 is 5.41 Å². The Bertz CT molecular complexity index is 446. The van der Waals surface area contributed by atoms with E-state index in [1.54, 1.807) is 7.11 Å². The summed E-state index contributed by atoms with van der Waals surface area (Å²) >= 11 is 0. The summed E-state index contributed by atoms with van der Waals surface area (Å²) in [4.78, 5) is 12.2. The maximum atomic E-state index is 12.2. The second-order valence-electron chi connectivity index (χ2n) is 5.55. The molecule has 1 fully saturated rings. The van der Waals surface area contributed by atoms with Crippen molar-refractivity contribution in [3.8, 4) is 5.75 Å². The molecule has 0 N–H and O–H groups in total. The second kappa shape index (κ2) is 7.46. The molecule has 0 unspecified atom stereocenters. The Labute approximate surface area is 126 Å². The molecule has 1 aromatic carbocycles. The normalized spacial score (nSPS) is 16.7. The van der Waals surface area contributed by atoms with E-state index in [0.29, 0.717) is 19.8 Å². The van der Waals surface area contributed by atoms with Crippen LogP contribution in [0.3, 0.4) is 0 Å². The molecule has 0 aliphatic heterocycles. The summed E-state index contributed by atoms with van der Waals surface area (Å²) in [5.41, 5.74) is 0.649. The van der Waals surface area contributed by atoms with Gasteiger partial charge in [0.2, 0.25) is 0 Å². The lowest BCUT2D eigenvalue weighted by atomic mass is 9.87. The molecule has 0 saturated heterocycles. The Balaban J connectivity index is 1.88. The van der Waals surface area contributed by atoms with E-state index in [2.05, 4.69) is 0 Å². The number of hydrogen-bond donors (Lipinski definition) is 0. The topological polar surface area (TPSA) is 44.8 Å². The highest BCUT2D eigenvalue weighted by molar-refractivity contribution is 5.77. The van der Waals surface area contributed by atoms with Gasteiger partial charge < -0.3 is 14.2 Å². The fourth-order valence-corrected chi connectivity index (χ4v) is 2.83. The minimum Gasteiger partial charge on any atom is -0.497 e. The summed E-state index contributed by atoms with van der Waals surface area (Å²) in [5, 5.41) is 0. The number of carbonyl (C=O) groups excluding carboxylic acids is 1. The SMILES string of the molecule is CCOC(=O)C1(COCc2ccc(OC)cc2)CCCC1. The van der Waals surface area contributed by atoms with Crippen LogP contribution in [0.1, 0.15) is 38.2 Å². The molecule has 21 heavy (non-hydrogen) atoms. The highest BCUT2D eigenvalue weighted by atomic mass is 16.5. The first-order valence-electron chi connectivity index (χ1n) is 7.58. The molecular formula is C17H24O4. The van der Waals surface area contributed by atoms with Gasteiger partial charge in [0.25, 0.3) is 0 Å². The molecular weight excluding hydrogens is 268 g/mol. The summed E-state index contributed by atoms with van der Waals surface area (Å²) in [6.45, 7) is 3.22. The lowest BCUT2D eigenvalue weighted by Gasteiger charge is -2.26. The van der Waals surface area contributed by atoms with Crippen LogP contribution in [-0.4, -0.2) is 26.3 Å². The van der Waals surface area contributed by atoms with Crippen molar-refractivity contribution in [3.63, 3.8) is 0 Å². The first-order valence-corrected chi connectivity index (χ1v) is 7.58. The minimum atomic E-state index is -0.428. The van der Waals surface area contributed by atoms with Crippen molar-refractivity contribution < 1.29 is 19.0 Å². The van der Waals surface area contributed by atoms with Crippen LogP contribution in [0.5, 0.6) is 5.75 Å². The van der Waals surface area contributed by atoms with Crippen molar-refractivity contribution in [1.82, 2.24) is 0 Å². The van der Waals surface area contributed by atoms with Crippen molar-refractivity contribution >= 4 is 5.97 Å². The van der Waals surface area contributed by atoms with Gasteiger partial charge in [-0.3, -0.25) is 4.79 Å². The molecule has 0 radical (unpaired) electrons. The van der Waals surface area contributed by atoms with Crippen LogP contribution in [0.25, 0.3) is 0 Å². The van der Waals surface area contributed by atoms with Crippen LogP contribution in [0.2, 0.25) is 0 Å². The van der Waals surface area contributed by atoms with E-state index in [-0.39, 0.29) is 5.97 Å². The largest absolute Gasteiger partial charge is 0.497 e. The number of methoxy groups -OCH3 is 1. The molecule has 1 aliphatic carbocycles. The smallest absolute Gasteiger partial charge is 0.314 e. The first kappa shape index (κ1) is 15.8. The number of hydrogen-bond acceptors (Lipinski definition) is 4. The second-order valence-corrected chi connectivity index (χ2v) is 5.55. The molecule has 4 nitrogen and oxygen atoms in total. The zero-order valence-electron chi connectivity index (χ0n) is 12.9. The van der Waals surface area contributed by atoms with Gasteiger partial charge >= 0.3 is 5.97 Å². The average Bonchev–Trinajstić information content (AvgIpc) is 2.98. The number of ether oxygens (including phenoxy) is 3. The molecule has 1 saturated carbocycles. The van der Waals surface area contributed by atoms with Crippen molar-refractivity contribution in [2.45, 2.75) is 39.2 Å². The van der Waals surface area contributed by atoms with Gasteiger partial charge in [-0.05, 0) is 37.5 Å². The van der Waals surface area contributed by atoms with Crippen molar-refractivity contribution in [2.24, 2.45) is 5.41 Å². The van der Waals surface area contributed by atoms with Gasteiger partial charge in [-0.25, -0.2) is 0 Å². The van der Waals surface area contributed by atoms with Gasteiger partial charge in [-0.1, -0.05) is 25.0 Å². The monoisotopic (exact) mass is 292 g/mol. The summed E-state index contributed by atoms with van der Waals surface area (Å²) in [7, 11) is 1.65. The number of esters is 1. The van der Waals surface area contributed by atoms with E-state index in [1.165, 1.54) is 0 Å². The van der Waals surface area contributed by atoms with E-state index in [1.807, 2.05) is 31.2 Å². The van der Waals surface area contributed by atoms with Gasteiger partial charge in [0.15, 0.2) is 0 Å². The molecule has 2 rings (SSSR count). The van der Waals surface area contributed by atoms with Crippen LogP contribution in [0.15, 0.2) is 24.3 Å². The number of carbonyl (C=O) groups is 1. The Kier molecular flexibility index (Phi) is 5.62. The lowest BCUT2D eigenvalue weighted by molar-refractivity contribution is -0.159. The quantitative estimate of drug-likeness (QED) is 0.723. The van der Waals surface area contributed by atoms with E-state index in [4.69, 9.17) is 14.2 Å². The molecule has 0 amide bonds. The summed E-state index contributed by atoms with van der Waals surface area (Å²) in [6.07, 6.45) is 3.89. The van der Waals surface area contributed by atoms with Gasteiger partial charge in [0, 0.05) is 0 Å².